The molecular weight excluding hydrogens is 254 g/mol. The molecule has 3 heteroatoms. The van der Waals surface area contributed by atoms with Gasteiger partial charge in [0.05, 0.1) is 10.8 Å². The average molecular weight is 273 g/mol. The normalized spacial score (nSPS) is 14.1. The zero-order valence-electron chi connectivity index (χ0n) is 11.3. The molecule has 0 heterocycles. The Hall–Kier alpha value is -1.45. The van der Waals surface area contributed by atoms with E-state index in [9.17, 15) is 4.21 Å². The average Bonchev–Trinajstić information content (AvgIpc) is 2.39. The minimum atomic E-state index is -1.06. The Labute approximate surface area is 117 Å². The summed E-state index contributed by atoms with van der Waals surface area (Å²) < 4.78 is 12.4. The maximum atomic E-state index is 12.4. The number of hydrogen-bond acceptors (Lipinski definition) is 2. The predicted octanol–water partition coefficient (Wildman–Crippen LogP) is 3.11. The van der Waals surface area contributed by atoms with E-state index in [1.807, 2.05) is 62.4 Å². The second kappa shape index (κ2) is 6.13. The zero-order chi connectivity index (χ0) is 13.8. The molecule has 100 valence electrons. The Balaban J connectivity index is 2.16. The van der Waals surface area contributed by atoms with Crippen LogP contribution in [0.4, 0.5) is 0 Å². The van der Waals surface area contributed by atoms with Gasteiger partial charge in [-0.15, -0.1) is 0 Å². The van der Waals surface area contributed by atoms with E-state index in [1.165, 1.54) is 0 Å². The maximum absolute atomic E-state index is 12.4. The molecule has 0 bridgehead atoms. The van der Waals surface area contributed by atoms with E-state index in [0.717, 1.165) is 21.6 Å². The highest BCUT2D eigenvalue weighted by atomic mass is 32.2. The fourth-order valence-electron chi connectivity index (χ4n) is 2.16. The van der Waals surface area contributed by atoms with Gasteiger partial charge >= 0.3 is 0 Å². The molecule has 2 unspecified atom stereocenters. The lowest BCUT2D eigenvalue weighted by Gasteiger charge is -2.15. The van der Waals surface area contributed by atoms with Crippen molar-refractivity contribution in [3.8, 4) is 0 Å². The van der Waals surface area contributed by atoms with Crippen LogP contribution in [-0.2, 0) is 10.8 Å². The van der Waals surface area contributed by atoms with Crippen molar-refractivity contribution < 1.29 is 4.21 Å². The molecule has 2 aromatic carbocycles. The highest BCUT2D eigenvalue weighted by Gasteiger charge is 2.14. The van der Waals surface area contributed by atoms with E-state index in [4.69, 9.17) is 5.73 Å². The third-order valence-corrected chi connectivity index (χ3v) is 4.87. The fourth-order valence-corrected chi connectivity index (χ4v) is 3.50. The Morgan fingerprint density at radius 3 is 2.21 bits per heavy atom. The molecule has 2 nitrogen and oxygen atoms in total. The van der Waals surface area contributed by atoms with Crippen LogP contribution in [0.1, 0.15) is 22.7 Å². The Kier molecular flexibility index (Phi) is 4.51. The molecule has 2 N–H and O–H groups in total. The van der Waals surface area contributed by atoms with Crippen LogP contribution in [0.5, 0.6) is 0 Å². The van der Waals surface area contributed by atoms with Crippen molar-refractivity contribution in [3.05, 3.63) is 65.2 Å². The molecular formula is C16H19NOS. The second-order valence-corrected chi connectivity index (χ2v) is 6.20. The third kappa shape index (κ3) is 3.31. The summed E-state index contributed by atoms with van der Waals surface area (Å²) >= 11 is 0. The van der Waals surface area contributed by atoms with E-state index in [1.54, 1.807) is 0 Å². The van der Waals surface area contributed by atoms with Crippen LogP contribution in [0.2, 0.25) is 0 Å². The molecule has 19 heavy (non-hydrogen) atoms. The molecule has 0 saturated heterocycles. The number of aryl methyl sites for hydroxylation is 2. The summed E-state index contributed by atoms with van der Waals surface area (Å²) in [7, 11) is -1.06. The third-order valence-electron chi connectivity index (χ3n) is 3.26. The topological polar surface area (TPSA) is 43.1 Å². The number of nitrogens with two attached hydrogens (primary N) is 1. The number of benzene rings is 2. The van der Waals surface area contributed by atoms with Crippen LogP contribution >= 0.6 is 0 Å². The molecule has 2 atom stereocenters. The monoisotopic (exact) mass is 273 g/mol. The van der Waals surface area contributed by atoms with Crippen LogP contribution in [0, 0.1) is 13.8 Å². The second-order valence-electron chi connectivity index (χ2n) is 4.74. The highest BCUT2D eigenvalue weighted by Crippen LogP contribution is 2.20. The Bertz CT molecular complexity index is 595. The van der Waals surface area contributed by atoms with Gasteiger partial charge in [0, 0.05) is 16.7 Å². The molecule has 0 amide bonds. The van der Waals surface area contributed by atoms with Crippen molar-refractivity contribution in [1.29, 1.82) is 0 Å². The van der Waals surface area contributed by atoms with Crippen LogP contribution in [0.3, 0.4) is 0 Å². The van der Waals surface area contributed by atoms with Gasteiger partial charge in [-0.05, 0) is 36.6 Å². The van der Waals surface area contributed by atoms with Crippen molar-refractivity contribution in [1.82, 2.24) is 0 Å². The van der Waals surface area contributed by atoms with E-state index >= 15 is 0 Å². The maximum Gasteiger partial charge on any atom is 0.0551 e. The molecule has 0 aliphatic rings. The van der Waals surface area contributed by atoms with Gasteiger partial charge in [-0.1, -0.05) is 42.5 Å². The largest absolute Gasteiger partial charge is 0.323 e. The van der Waals surface area contributed by atoms with E-state index < -0.39 is 10.8 Å². The fraction of sp³-hybridized carbons (Fsp3) is 0.250. The van der Waals surface area contributed by atoms with Crippen molar-refractivity contribution in [2.45, 2.75) is 24.8 Å². The van der Waals surface area contributed by atoms with Crippen LogP contribution in [0.25, 0.3) is 0 Å². The molecule has 0 aromatic heterocycles. The smallest absolute Gasteiger partial charge is 0.0551 e. The van der Waals surface area contributed by atoms with Gasteiger partial charge in [0.25, 0.3) is 0 Å². The summed E-state index contributed by atoms with van der Waals surface area (Å²) in [5.41, 5.74) is 9.47. The first-order chi connectivity index (χ1) is 9.09. The molecule has 2 aromatic rings. The lowest BCUT2D eigenvalue weighted by Crippen LogP contribution is -2.19. The van der Waals surface area contributed by atoms with Gasteiger partial charge < -0.3 is 5.73 Å². The quantitative estimate of drug-likeness (QED) is 0.930. The summed E-state index contributed by atoms with van der Waals surface area (Å²) in [4.78, 5) is 0.881. The first-order valence-electron chi connectivity index (χ1n) is 6.34. The van der Waals surface area contributed by atoms with Gasteiger partial charge in [-0.25, -0.2) is 0 Å². The zero-order valence-corrected chi connectivity index (χ0v) is 12.1. The molecule has 2 rings (SSSR count). The SMILES string of the molecule is Cc1ccccc1C(N)CS(=O)c1ccccc1C. The highest BCUT2D eigenvalue weighted by molar-refractivity contribution is 7.85. The van der Waals surface area contributed by atoms with E-state index in [0.29, 0.717) is 5.75 Å². The summed E-state index contributed by atoms with van der Waals surface area (Å²) in [6.45, 7) is 4.01. The number of rotatable bonds is 4. The molecule has 0 saturated carbocycles. The summed E-state index contributed by atoms with van der Waals surface area (Å²) in [6.07, 6.45) is 0. The van der Waals surface area contributed by atoms with Crippen molar-refractivity contribution >= 4 is 10.8 Å². The first-order valence-corrected chi connectivity index (χ1v) is 7.66. The molecule has 0 radical (unpaired) electrons. The first kappa shape index (κ1) is 14.0. The minimum absolute atomic E-state index is 0.193. The van der Waals surface area contributed by atoms with Gasteiger partial charge in [-0.2, -0.15) is 0 Å². The lowest BCUT2D eigenvalue weighted by molar-refractivity contribution is 0.674. The van der Waals surface area contributed by atoms with Crippen molar-refractivity contribution in [2.75, 3.05) is 5.75 Å². The standard InChI is InChI=1S/C16H19NOS/c1-12-7-3-5-9-14(12)15(17)11-19(18)16-10-6-4-8-13(16)2/h3-10,15H,11,17H2,1-2H3. The lowest BCUT2D eigenvalue weighted by atomic mass is 10.0. The Morgan fingerprint density at radius 1 is 1.00 bits per heavy atom. The summed E-state index contributed by atoms with van der Waals surface area (Å²) in [5, 5.41) is 0. The summed E-state index contributed by atoms with van der Waals surface area (Å²) in [5.74, 6) is 0.454. The molecule has 0 aliphatic heterocycles. The molecule has 0 fully saturated rings. The van der Waals surface area contributed by atoms with E-state index in [-0.39, 0.29) is 6.04 Å². The van der Waals surface area contributed by atoms with Crippen LogP contribution in [-0.4, -0.2) is 9.96 Å². The van der Waals surface area contributed by atoms with Crippen LogP contribution < -0.4 is 5.73 Å². The van der Waals surface area contributed by atoms with Crippen molar-refractivity contribution in [3.63, 3.8) is 0 Å². The van der Waals surface area contributed by atoms with Crippen LogP contribution in [0.15, 0.2) is 53.4 Å². The van der Waals surface area contributed by atoms with Gasteiger partial charge in [0.1, 0.15) is 0 Å². The Morgan fingerprint density at radius 2 is 1.58 bits per heavy atom. The van der Waals surface area contributed by atoms with Gasteiger partial charge in [0.2, 0.25) is 0 Å². The summed E-state index contributed by atoms with van der Waals surface area (Å²) in [6, 6.07) is 15.6. The molecule has 0 spiro atoms. The van der Waals surface area contributed by atoms with Crippen molar-refractivity contribution in [2.24, 2.45) is 5.73 Å². The van der Waals surface area contributed by atoms with Gasteiger partial charge in [-0.3, -0.25) is 4.21 Å². The predicted molar refractivity (Wildman–Crippen MR) is 80.6 cm³/mol. The molecule has 0 aliphatic carbocycles. The minimum Gasteiger partial charge on any atom is -0.323 e. The number of hydrogen-bond donors (Lipinski definition) is 1. The van der Waals surface area contributed by atoms with E-state index in [2.05, 4.69) is 0 Å². The van der Waals surface area contributed by atoms with Gasteiger partial charge in [0.15, 0.2) is 0 Å².